The Balaban J connectivity index is 1.93. The van der Waals surface area contributed by atoms with Gasteiger partial charge < -0.3 is 20.3 Å². The van der Waals surface area contributed by atoms with Gasteiger partial charge in [0.2, 0.25) is 0 Å². The second kappa shape index (κ2) is 11.7. The third-order valence-electron chi connectivity index (χ3n) is 4.32. The molecule has 2 rings (SSSR count). The molecule has 1 saturated heterocycles. The van der Waals surface area contributed by atoms with Gasteiger partial charge in [0.15, 0.2) is 5.96 Å². The molecule has 0 unspecified atom stereocenters. The van der Waals surface area contributed by atoms with Crippen molar-refractivity contribution >= 4 is 11.8 Å². The maximum absolute atomic E-state index is 5.08. The van der Waals surface area contributed by atoms with E-state index in [1.807, 2.05) is 6.20 Å². The summed E-state index contributed by atoms with van der Waals surface area (Å²) in [5.41, 5.74) is 1.20. The smallest absolute Gasteiger partial charge is 0.191 e. The number of pyridine rings is 1. The molecule has 25 heavy (non-hydrogen) atoms. The predicted octanol–water partition coefficient (Wildman–Crippen LogP) is 2.55. The summed E-state index contributed by atoms with van der Waals surface area (Å²) in [7, 11) is 1.73. The van der Waals surface area contributed by atoms with Gasteiger partial charge in [0, 0.05) is 46.1 Å². The minimum atomic E-state index is 0.656. The molecule has 1 aliphatic rings. The summed E-state index contributed by atoms with van der Waals surface area (Å²) in [5, 5.41) is 6.63. The summed E-state index contributed by atoms with van der Waals surface area (Å²) in [5.74, 6) is 1.94. The Bertz CT molecular complexity index is 512. The van der Waals surface area contributed by atoms with Gasteiger partial charge in [-0.05, 0) is 43.9 Å². The van der Waals surface area contributed by atoms with Crippen molar-refractivity contribution in [2.75, 3.05) is 44.8 Å². The van der Waals surface area contributed by atoms with Crippen LogP contribution in [-0.2, 0) is 11.3 Å². The van der Waals surface area contributed by atoms with E-state index in [9.17, 15) is 0 Å². The lowest BCUT2D eigenvalue weighted by Gasteiger charge is -2.21. The Morgan fingerprint density at radius 1 is 1.24 bits per heavy atom. The van der Waals surface area contributed by atoms with Crippen molar-refractivity contribution in [3.8, 4) is 0 Å². The molecule has 1 fully saturated rings. The number of hydrogen-bond donors (Lipinski definition) is 2. The monoisotopic (exact) mass is 347 g/mol. The number of nitrogens with one attached hydrogen (secondary N) is 2. The van der Waals surface area contributed by atoms with E-state index < -0.39 is 0 Å². The molecule has 6 heteroatoms. The van der Waals surface area contributed by atoms with E-state index in [1.165, 1.54) is 31.2 Å². The van der Waals surface area contributed by atoms with E-state index in [1.54, 1.807) is 7.11 Å². The zero-order valence-corrected chi connectivity index (χ0v) is 15.8. The lowest BCUT2D eigenvalue weighted by molar-refractivity contribution is 0.195. The third-order valence-corrected chi connectivity index (χ3v) is 4.32. The highest BCUT2D eigenvalue weighted by atomic mass is 16.5. The fourth-order valence-electron chi connectivity index (χ4n) is 2.97. The standard InChI is InChI=1S/C19H33N5O/c1-3-20-19(22-10-8-14-25-2)23-16-17-9-11-21-18(15-17)24-12-6-4-5-7-13-24/h9,11,15H,3-8,10,12-14,16H2,1-2H3,(H2,20,22,23). The molecule has 1 aromatic heterocycles. The van der Waals surface area contributed by atoms with Gasteiger partial charge in [-0.1, -0.05) is 12.8 Å². The van der Waals surface area contributed by atoms with Gasteiger partial charge in [-0.15, -0.1) is 0 Å². The molecule has 0 spiro atoms. The normalized spacial score (nSPS) is 15.8. The van der Waals surface area contributed by atoms with Crippen molar-refractivity contribution in [1.82, 2.24) is 15.6 Å². The first-order valence-electron chi connectivity index (χ1n) is 9.54. The second-order valence-corrected chi connectivity index (χ2v) is 6.39. The minimum Gasteiger partial charge on any atom is -0.385 e. The van der Waals surface area contributed by atoms with Crippen molar-refractivity contribution in [3.05, 3.63) is 23.9 Å². The summed E-state index contributed by atoms with van der Waals surface area (Å²) < 4.78 is 5.08. The van der Waals surface area contributed by atoms with Crippen LogP contribution in [0, 0.1) is 0 Å². The van der Waals surface area contributed by atoms with Gasteiger partial charge in [-0.25, -0.2) is 9.98 Å². The number of aliphatic imine (C=N–C) groups is 1. The molecule has 0 amide bonds. The molecule has 2 heterocycles. The van der Waals surface area contributed by atoms with Crippen molar-refractivity contribution < 1.29 is 4.74 Å². The van der Waals surface area contributed by atoms with Crippen LogP contribution in [0.25, 0.3) is 0 Å². The van der Waals surface area contributed by atoms with E-state index in [4.69, 9.17) is 9.73 Å². The fourth-order valence-corrected chi connectivity index (χ4v) is 2.97. The highest BCUT2D eigenvalue weighted by molar-refractivity contribution is 5.79. The van der Waals surface area contributed by atoms with Crippen molar-refractivity contribution in [2.24, 2.45) is 4.99 Å². The van der Waals surface area contributed by atoms with Crippen LogP contribution in [0.15, 0.2) is 23.3 Å². The molecule has 0 aliphatic carbocycles. The highest BCUT2D eigenvalue weighted by Gasteiger charge is 2.11. The maximum Gasteiger partial charge on any atom is 0.191 e. The molecule has 1 aliphatic heterocycles. The van der Waals surface area contributed by atoms with E-state index in [0.717, 1.165) is 51.0 Å². The first kappa shape index (κ1) is 19.5. The van der Waals surface area contributed by atoms with Gasteiger partial charge in [0.25, 0.3) is 0 Å². The van der Waals surface area contributed by atoms with Crippen LogP contribution in [0.5, 0.6) is 0 Å². The van der Waals surface area contributed by atoms with Crippen molar-refractivity contribution in [2.45, 2.75) is 45.6 Å². The SMILES string of the molecule is CCNC(=NCc1ccnc(N2CCCCCC2)c1)NCCCOC. The Kier molecular flexibility index (Phi) is 9.12. The van der Waals surface area contributed by atoms with E-state index in [-0.39, 0.29) is 0 Å². The number of methoxy groups -OCH3 is 1. The molecule has 0 atom stereocenters. The molecule has 0 radical (unpaired) electrons. The Hall–Kier alpha value is -1.82. The average molecular weight is 348 g/mol. The molecule has 140 valence electrons. The molecule has 0 aromatic carbocycles. The quantitative estimate of drug-likeness (QED) is 0.430. The van der Waals surface area contributed by atoms with Gasteiger partial charge in [0.1, 0.15) is 5.82 Å². The van der Waals surface area contributed by atoms with Crippen LogP contribution < -0.4 is 15.5 Å². The second-order valence-electron chi connectivity index (χ2n) is 6.39. The lowest BCUT2D eigenvalue weighted by Crippen LogP contribution is -2.38. The summed E-state index contributed by atoms with van der Waals surface area (Å²) in [6.07, 6.45) is 8.07. The number of rotatable bonds is 8. The average Bonchev–Trinajstić information content (AvgIpc) is 2.93. The highest BCUT2D eigenvalue weighted by Crippen LogP contribution is 2.18. The minimum absolute atomic E-state index is 0.656. The molecule has 1 aromatic rings. The van der Waals surface area contributed by atoms with Crippen molar-refractivity contribution in [3.63, 3.8) is 0 Å². The Labute approximate surface area is 152 Å². The van der Waals surface area contributed by atoms with Gasteiger partial charge in [-0.2, -0.15) is 0 Å². The maximum atomic E-state index is 5.08. The summed E-state index contributed by atoms with van der Waals surface area (Å²) in [6.45, 7) is 7.43. The van der Waals surface area contributed by atoms with Crippen LogP contribution in [0.4, 0.5) is 5.82 Å². The van der Waals surface area contributed by atoms with Crippen LogP contribution >= 0.6 is 0 Å². The molecular weight excluding hydrogens is 314 g/mol. The Morgan fingerprint density at radius 2 is 2.04 bits per heavy atom. The number of guanidine groups is 1. The zero-order valence-electron chi connectivity index (χ0n) is 15.8. The van der Waals surface area contributed by atoms with E-state index in [0.29, 0.717) is 6.54 Å². The number of anilines is 1. The van der Waals surface area contributed by atoms with Gasteiger partial charge in [0.05, 0.1) is 6.54 Å². The summed E-state index contributed by atoms with van der Waals surface area (Å²) >= 11 is 0. The summed E-state index contributed by atoms with van der Waals surface area (Å²) in [4.78, 5) is 11.7. The zero-order chi connectivity index (χ0) is 17.7. The largest absolute Gasteiger partial charge is 0.385 e. The summed E-state index contributed by atoms with van der Waals surface area (Å²) in [6, 6.07) is 4.24. The van der Waals surface area contributed by atoms with Crippen LogP contribution in [-0.4, -0.2) is 50.8 Å². The molecule has 0 bridgehead atoms. The molecule has 6 nitrogen and oxygen atoms in total. The van der Waals surface area contributed by atoms with Crippen LogP contribution in [0.3, 0.4) is 0 Å². The Morgan fingerprint density at radius 3 is 2.76 bits per heavy atom. The molecule has 2 N–H and O–H groups in total. The number of nitrogens with zero attached hydrogens (tertiary/aromatic N) is 3. The fraction of sp³-hybridized carbons (Fsp3) is 0.684. The molecular formula is C19H33N5O. The van der Waals surface area contributed by atoms with Crippen LogP contribution in [0.1, 0.15) is 44.6 Å². The topological polar surface area (TPSA) is 61.8 Å². The number of hydrogen-bond acceptors (Lipinski definition) is 4. The van der Waals surface area contributed by atoms with E-state index in [2.05, 4.69) is 39.6 Å². The number of aromatic nitrogens is 1. The van der Waals surface area contributed by atoms with E-state index >= 15 is 0 Å². The van der Waals surface area contributed by atoms with Crippen molar-refractivity contribution in [1.29, 1.82) is 0 Å². The van der Waals surface area contributed by atoms with Crippen LogP contribution in [0.2, 0.25) is 0 Å². The van der Waals surface area contributed by atoms with Gasteiger partial charge >= 0.3 is 0 Å². The third kappa shape index (κ3) is 7.30. The molecule has 0 saturated carbocycles. The first-order chi connectivity index (χ1) is 12.3. The first-order valence-corrected chi connectivity index (χ1v) is 9.54. The lowest BCUT2D eigenvalue weighted by atomic mass is 10.2. The van der Waals surface area contributed by atoms with Gasteiger partial charge in [-0.3, -0.25) is 0 Å². The predicted molar refractivity (Wildman–Crippen MR) is 104 cm³/mol. The number of ether oxygens (including phenoxy) is 1.